The number of likely N-dealkylation sites (tertiary alicyclic amines) is 1. The minimum Gasteiger partial charge on any atom is -0.297 e. The second-order valence-corrected chi connectivity index (χ2v) is 4.83. The summed E-state index contributed by atoms with van der Waals surface area (Å²) in [5.41, 5.74) is 1.21. The van der Waals surface area contributed by atoms with Crippen molar-refractivity contribution in [3.63, 3.8) is 0 Å². The van der Waals surface area contributed by atoms with E-state index >= 15 is 0 Å². The standard InChI is InChI=1S/C14H22N2/c1-2-5-13-7-10-16(11-8-13)12-14-6-3-4-9-15-14/h3-4,6,9,13H,2,5,7-8,10-12H2,1H3. The first kappa shape index (κ1) is 11.6. The van der Waals surface area contributed by atoms with E-state index < -0.39 is 0 Å². The van der Waals surface area contributed by atoms with Crippen LogP contribution in [0.15, 0.2) is 24.4 Å². The molecule has 0 unspecified atom stereocenters. The van der Waals surface area contributed by atoms with Gasteiger partial charge in [-0.15, -0.1) is 0 Å². The van der Waals surface area contributed by atoms with Crippen LogP contribution >= 0.6 is 0 Å². The second kappa shape index (κ2) is 6.00. The minimum atomic E-state index is 0.977. The second-order valence-electron chi connectivity index (χ2n) is 4.83. The van der Waals surface area contributed by atoms with Crippen molar-refractivity contribution >= 4 is 0 Å². The molecule has 2 heteroatoms. The number of nitrogens with zero attached hydrogens (tertiary/aromatic N) is 2. The fourth-order valence-corrected chi connectivity index (χ4v) is 2.56. The molecule has 1 aromatic heterocycles. The Morgan fingerprint density at radius 3 is 2.75 bits per heavy atom. The lowest BCUT2D eigenvalue weighted by molar-refractivity contribution is 0.170. The van der Waals surface area contributed by atoms with E-state index in [0.29, 0.717) is 0 Å². The lowest BCUT2D eigenvalue weighted by Crippen LogP contribution is -2.33. The molecule has 88 valence electrons. The summed E-state index contributed by atoms with van der Waals surface area (Å²) in [4.78, 5) is 6.92. The zero-order valence-corrected chi connectivity index (χ0v) is 10.2. The van der Waals surface area contributed by atoms with E-state index in [-0.39, 0.29) is 0 Å². The fraction of sp³-hybridized carbons (Fsp3) is 0.643. The van der Waals surface area contributed by atoms with Crippen molar-refractivity contribution in [3.05, 3.63) is 30.1 Å². The normalized spacial score (nSPS) is 18.8. The molecule has 0 N–H and O–H groups in total. The smallest absolute Gasteiger partial charge is 0.0543 e. The summed E-state index contributed by atoms with van der Waals surface area (Å²) in [5.74, 6) is 0.977. The van der Waals surface area contributed by atoms with E-state index in [2.05, 4.69) is 28.9 Å². The number of rotatable bonds is 4. The minimum absolute atomic E-state index is 0.977. The van der Waals surface area contributed by atoms with Crippen molar-refractivity contribution in [2.45, 2.75) is 39.2 Å². The van der Waals surface area contributed by atoms with Gasteiger partial charge >= 0.3 is 0 Å². The van der Waals surface area contributed by atoms with Crippen LogP contribution in [0.3, 0.4) is 0 Å². The zero-order valence-electron chi connectivity index (χ0n) is 10.2. The Kier molecular flexibility index (Phi) is 4.34. The fourth-order valence-electron chi connectivity index (χ4n) is 2.56. The third kappa shape index (κ3) is 3.31. The molecule has 0 amide bonds. The van der Waals surface area contributed by atoms with Crippen molar-refractivity contribution in [1.29, 1.82) is 0 Å². The quantitative estimate of drug-likeness (QED) is 0.772. The Balaban J connectivity index is 1.77. The molecule has 1 fully saturated rings. The molecule has 16 heavy (non-hydrogen) atoms. The number of hydrogen-bond acceptors (Lipinski definition) is 2. The monoisotopic (exact) mass is 218 g/mol. The van der Waals surface area contributed by atoms with E-state index in [9.17, 15) is 0 Å². The van der Waals surface area contributed by atoms with Crippen LogP contribution < -0.4 is 0 Å². The van der Waals surface area contributed by atoms with Gasteiger partial charge in [-0.1, -0.05) is 25.8 Å². The Bertz CT molecular complexity index is 289. The maximum Gasteiger partial charge on any atom is 0.0543 e. The molecule has 0 aliphatic carbocycles. The summed E-state index contributed by atoms with van der Waals surface area (Å²) in [6.45, 7) is 5.82. The Morgan fingerprint density at radius 1 is 1.31 bits per heavy atom. The van der Waals surface area contributed by atoms with Crippen LogP contribution in [-0.2, 0) is 6.54 Å². The summed E-state index contributed by atoms with van der Waals surface area (Å²) in [7, 11) is 0. The maximum atomic E-state index is 4.39. The molecule has 0 spiro atoms. The number of piperidine rings is 1. The molecule has 0 radical (unpaired) electrons. The number of aromatic nitrogens is 1. The van der Waals surface area contributed by atoms with E-state index in [1.54, 1.807) is 0 Å². The topological polar surface area (TPSA) is 16.1 Å². The van der Waals surface area contributed by atoms with Crippen molar-refractivity contribution < 1.29 is 0 Å². The van der Waals surface area contributed by atoms with Crippen LogP contribution in [0.25, 0.3) is 0 Å². The van der Waals surface area contributed by atoms with Gasteiger partial charge in [0.05, 0.1) is 5.69 Å². The molecule has 1 aromatic rings. The highest BCUT2D eigenvalue weighted by Gasteiger charge is 2.18. The van der Waals surface area contributed by atoms with Gasteiger partial charge in [0.25, 0.3) is 0 Å². The van der Waals surface area contributed by atoms with Gasteiger partial charge in [-0.05, 0) is 44.0 Å². The van der Waals surface area contributed by atoms with Crippen LogP contribution in [-0.4, -0.2) is 23.0 Å². The maximum absolute atomic E-state index is 4.39. The Hall–Kier alpha value is -0.890. The van der Waals surface area contributed by atoms with Crippen molar-refractivity contribution in [2.24, 2.45) is 5.92 Å². The van der Waals surface area contributed by atoms with Gasteiger partial charge in [0.15, 0.2) is 0 Å². The summed E-state index contributed by atoms with van der Waals surface area (Å²) in [5, 5.41) is 0. The molecule has 0 aromatic carbocycles. The van der Waals surface area contributed by atoms with Crippen LogP contribution in [0.5, 0.6) is 0 Å². The van der Waals surface area contributed by atoms with Gasteiger partial charge in [0.2, 0.25) is 0 Å². The molecule has 2 rings (SSSR count). The van der Waals surface area contributed by atoms with Crippen LogP contribution in [0.1, 0.15) is 38.3 Å². The zero-order chi connectivity index (χ0) is 11.2. The first-order valence-electron chi connectivity index (χ1n) is 6.50. The molecule has 0 bridgehead atoms. The molecule has 1 saturated heterocycles. The highest BCUT2D eigenvalue weighted by molar-refractivity contribution is 5.03. The Labute approximate surface area is 98.7 Å². The molecule has 1 aliphatic rings. The molecule has 0 atom stereocenters. The van der Waals surface area contributed by atoms with Gasteiger partial charge in [0, 0.05) is 12.7 Å². The number of hydrogen-bond donors (Lipinski definition) is 0. The average Bonchev–Trinajstić information content (AvgIpc) is 2.33. The average molecular weight is 218 g/mol. The molecule has 2 heterocycles. The predicted octanol–water partition coefficient (Wildman–Crippen LogP) is 3.09. The first-order valence-corrected chi connectivity index (χ1v) is 6.50. The van der Waals surface area contributed by atoms with E-state index in [0.717, 1.165) is 12.5 Å². The molecular formula is C14H22N2. The summed E-state index contributed by atoms with van der Waals surface area (Å²) in [6, 6.07) is 6.18. The van der Waals surface area contributed by atoms with E-state index in [4.69, 9.17) is 0 Å². The van der Waals surface area contributed by atoms with Crippen molar-refractivity contribution in [2.75, 3.05) is 13.1 Å². The van der Waals surface area contributed by atoms with Gasteiger partial charge in [-0.3, -0.25) is 9.88 Å². The lowest BCUT2D eigenvalue weighted by atomic mass is 9.92. The van der Waals surface area contributed by atoms with Gasteiger partial charge < -0.3 is 0 Å². The van der Waals surface area contributed by atoms with E-state index in [1.807, 2.05) is 12.3 Å². The van der Waals surface area contributed by atoms with Crippen LogP contribution in [0.4, 0.5) is 0 Å². The molecule has 0 saturated carbocycles. The van der Waals surface area contributed by atoms with Gasteiger partial charge in [-0.2, -0.15) is 0 Å². The lowest BCUT2D eigenvalue weighted by Gasteiger charge is -2.31. The van der Waals surface area contributed by atoms with Gasteiger partial charge in [-0.25, -0.2) is 0 Å². The molecule has 1 aliphatic heterocycles. The summed E-state index contributed by atoms with van der Waals surface area (Å²) >= 11 is 0. The highest BCUT2D eigenvalue weighted by atomic mass is 15.1. The largest absolute Gasteiger partial charge is 0.297 e. The SMILES string of the molecule is CCCC1CCN(Cc2ccccn2)CC1. The third-order valence-electron chi connectivity index (χ3n) is 3.52. The van der Waals surface area contributed by atoms with Crippen LogP contribution in [0.2, 0.25) is 0 Å². The van der Waals surface area contributed by atoms with Gasteiger partial charge in [0.1, 0.15) is 0 Å². The third-order valence-corrected chi connectivity index (χ3v) is 3.52. The Morgan fingerprint density at radius 2 is 2.12 bits per heavy atom. The summed E-state index contributed by atoms with van der Waals surface area (Å²) < 4.78 is 0. The summed E-state index contributed by atoms with van der Waals surface area (Å²) in [6.07, 6.45) is 7.39. The van der Waals surface area contributed by atoms with Crippen molar-refractivity contribution in [1.82, 2.24) is 9.88 Å². The van der Waals surface area contributed by atoms with Crippen LogP contribution in [0, 0.1) is 5.92 Å². The predicted molar refractivity (Wildman–Crippen MR) is 67.1 cm³/mol. The molecule has 2 nitrogen and oxygen atoms in total. The first-order chi connectivity index (χ1) is 7.88. The number of pyridine rings is 1. The molecular weight excluding hydrogens is 196 g/mol. The van der Waals surface area contributed by atoms with E-state index in [1.165, 1.54) is 44.5 Å². The van der Waals surface area contributed by atoms with Crippen molar-refractivity contribution in [3.8, 4) is 0 Å². The highest BCUT2D eigenvalue weighted by Crippen LogP contribution is 2.22.